The van der Waals surface area contributed by atoms with E-state index in [0.29, 0.717) is 27.3 Å². The van der Waals surface area contributed by atoms with Crippen LogP contribution in [0.25, 0.3) is 22.6 Å². The summed E-state index contributed by atoms with van der Waals surface area (Å²) in [4.78, 5) is 4.45. The summed E-state index contributed by atoms with van der Waals surface area (Å²) < 4.78 is 12.1. The molecule has 0 saturated carbocycles. The van der Waals surface area contributed by atoms with Gasteiger partial charge in [0.05, 0.1) is 10.7 Å². The monoisotopic (exact) mass is 409 g/mol. The van der Waals surface area contributed by atoms with Crippen LogP contribution in [0.15, 0.2) is 80.6 Å². The predicted molar refractivity (Wildman–Crippen MR) is 113 cm³/mol. The lowest BCUT2D eigenvalue weighted by molar-refractivity contribution is 0.376. The van der Waals surface area contributed by atoms with Crippen molar-refractivity contribution in [3.05, 3.63) is 93.7 Å². The Bertz CT molecular complexity index is 1160. The fraction of sp³-hybridized carbons (Fsp3) is 0.0870. The second kappa shape index (κ2) is 7.70. The minimum atomic E-state index is 0.126. The molecule has 4 rings (SSSR count). The van der Waals surface area contributed by atoms with Crippen LogP contribution in [-0.4, -0.2) is 0 Å². The number of rotatable bonds is 3. The third kappa shape index (κ3) is 3.64. The molecule has 0 unspecified atom stereocenters. The molecular weight excluding hydrogens is 393 g/mol. The van der Waals surface area contributed by atoms with Crippen LogP contribution < -0.4 is 5.75 Å². The van der Waals surface area contributed by atoms with Crippen LogP contribution in [0.1, 0.15) is 11.1 Å². The van der Waals surface area contributed by atoms with Gasteiger partial charge in [0.15, 0.2) is 11.5 Å². The highest BCUT2D eigenvalue weighted by Crippen LogP contribution is 2.35. The van der Waals surface area contributed by atoms with E-state index < -0.39 is 0 Å². The normalized spacial score (nSPS) is 10.9. The SMILES string of the molecule is Cc1ccccc1-c1oc(=Nc2ccc(Cl)cc2Cl)oc1-c1ccccc1C. The van der Waals surface area contributed by atoms with E-state index in [1.165, 1.54) is 0 Å². The molecule has 3 nitrogen and oxygen atoms in total. The molecule has 1 heterocycles. The summed E-state index contributed by atoms with van der Waals surface area (Å²) in [5.74, 6) is 1.40. The Morgan fingerprint density at radius 3 is 1.75 bits per heavy atom. The molecule has 140 valence electrons. The molecule has 0 radical (unpaired) electrons. The first kappa shape index (κ1) is 18.6. The largest absolute Gasteiger partial charge is 0.406 e. The first-order chi connectivity index (χ1) is 13.5. The van der Waals surface area contributed by atoms with E-state index in [4.69, 9.17) is 32.0 Å². The van der Waals surface area contributed by atoms with Gasteiger partial charge in [-0.15, -0.1) is 0 Å². The lowest BCUT2D eigenvalue weighted by Gasteiger charge is -2.05. The summed E-state index contributed by atoms with van der Waals surface area (Å²) in [7, 11) is 0. The highest BCUT2D eigenvalue weighted by atomic mass is 35.5. The molecule has 0 bridgehead atoms. The van der Waals surface area contributed by atoms with Crippen molar-refractivity contribution >= 4 is 28.9 Å². The first-order valence-electron chi connectivity index (χ1n) is 8.78. The maximum atomic E-state index is 6.25. The van der Waals surface area contributed by atoms with Gasteiger partial charge in [-0.2, -0.15) is 4.99 Å². The van der Waals surface area contributed by atoms with Crippen molar-refractivity contribution in [3.8, 4) is 22.6 Å². The molecule has 28 heavy (non-hydrogen) atoms. The van der Waals surface area contributed by atoms with Gasteiger partial charge in [0.2, 0.25) is 0 Å². The Hall–Kier alpha value is -2.75. The van der Waals surface area contributed by atoms with Crippen LogP contribution in [0.5, 0.6) is 0 Å². The number of hydrogen-bond acceptors (Lipinski definition) is 3. The zero-order chi connectivity index (χ0) is 19.7. The average molecular weight is 410 g/mol. The summed E-state index contributed by atoms with van der Waals surface area (Å²) in [6, 6.07) is 21.1. The molecule has 0 atom stereocenters. The van der Waals surface area contributed by atoms with Gasteiger partial charge in [-0.1, -0.05) is 71.7 Å². The molecule has 0 saturated heterocycles. The minimum Gasteiger partial charge on any atom is -0.406 e. The second-order valence-electron chi connectivity index (χ2n) is 6.47. The van der Waals surface area contributed by atoms with Crippen LogP contribution >= 0.6 is 23.2 Å². The molecule has 0 N–H and O–H groups in total. The Morgan fingerprint density at radius 1 is 0.714 bits per heavy atom. The number of benzene rings is 3. The predicted octanol–water partition coefficient (Wildman–Crippen LogP) is 7.36. The van der Waals surface area contributed by atoms with Gasteiger partial charge in [-0.05, 0) is 43.2 Å². The molecule has 0 amide bonds. The maximum Gasteiger partial charge on any atom is 0.400 e. The van der Waals surface area contributed by atoms with Crippen molar-refractivity contribution in [2.75, 3.05) is 0 Å². The van der Waals surface area contributed by atoms with Gasteiger partial charge in [-0.25, -0.2) is 0 Å². The molecule has 0 aliphatic carbocycles. The highest BCUT2D eigenvalue weighted by molar-refractivity contribution is 6.36. The Kier molecular flexibility index (Phi) is 5.12. The van der Waals surface area contributed by atoms with E-state index in [1.807, 2.05) is 62.4 Å². The van der Waals surface area contributed by atoms with Gasteiger partial charge >= 0.3 is 5.75 Å². The van der Waals surface area contributed by atoms with E-state index in [-0.39, 0.29) is 5.75 Å². The van der Waals surface area contributed by atoms with Gasteiger partial charge in [0, 0.05) is 16.1 Å². The number of aryl methyl sites for hydroxylation is 2. The van der Waals surface area contributed by atoms with Crippen molar-refractivity contribution < 1.29 is 8.83 Å². The summed E-state index contributed by atoms with van der Waals surface area (Å²) in [6.07, 6.45) is 0. The quantitative estimate of drug-likeness (QED) is 0.354. The Morgan fingerprint density at radius 2 is 1.25 bits per heavy atom. The van der Waals surface area contributed by atoms with Gasteiger partial charge in [-0.3, -0.25) is 0 Å². The summed E-state index contributed by atoms with van der Waals surface area (Å²) >= 11 is 12.2. The highest BCUT2D eigenvalue weighted by Gasteiger charge is 2.19. The zero-order valence-electron chi connectivity index (χ0n) is 15.4. The van der Waals surface area contributed by atoms with E-state index in [9.17, 15) is 0 Å². The van der Waals surface area contributed by atoms with Crippen molar-refractivity contribution in [2.45, 2.75) is 13.8 Å². The average Bonchev–Trinajstić information content (AvgIpc) is 3.08. The van der Waals surface area contributed by atoms with Crippen molar-refractivity contribution in [3.63, 3.8) is 0 Å². The lowest BCUT2D eigenvalue weighted by atomic mass is 10.0. The smallest absolute Gasteiger partial charge is 0.400 e. The number of hydrogen-bond donors (Lipinski definition) is 0. The molecule has 1 aromatic heterocycles. The number of halogens is 2. The van der Waals surface area contributed by atoms with Gasteiger partial charge < -0.3 is 8.83 Å². The lowest BCUT2D eigenvalue weighted by Crippen LogP contribution is -1.92. The molecular formula is C23H17Cl2NO2. The van der Waals surface area contributed by atoms with E-state index >= 15 is 0 Å². The third-order valence-electron chi connectivity index (χ3n) is 4.49. The van der Waals surface area contributed by atoms with Gasteiger partial charge in [0.1, 0.15) is 0 Å². The molecule has 0 fully saturated rings. The number of nitrogens with zero attached hydrogens (tertiary/aromatic N) is 1. The van der Waals surface area contributed by atoms with E-state index in [1.54, 1.807) is 18.2 Å². The maximum absolute atomic E-state index is 6.25. The fourth-order valence-electron chi connectivity index (χ4n) is 3.01. The molecule has 0 aliphatic heterocycles. The molecule has 3 aromatic carbocycles. The summed E-state index contributed by atoms with van der Waals surface area (Å²) in [5.41, 5.74) is 4.59. The van der Waals surface area contributed by atoms with Crippen molar-refractivity contribution in [1.82, 2.24) is 0 Å². The van der Waals surface area contributed by atoms with Crippen LogP contribution in [-0.2, 0) is 0 Å². The first-order valence-corrected chi connectivity index (χ1v) is 9.54. The second-order valence-corrected chi connectivity index (χ2v) is 7.31. The Labute approximate surface area is 172 Å². The molecule has 0 aliphatic rings. The topological polar surface area (TPSA) is 38.6 Å². The molecule has 4 aromatic rings. The zero-order valence-corrected chi connectivity index (χ0v) is 16.9. The molecule has 5 heteroatoms. The van der Waals surface area contributed by atoms with Crippen LogP contribution in [0.4, 0.5) is 5.69 Å². The van der Waals surface area contributed by atoms with E-state index in [2.05, 4.69) is 4.99 Å². The van der Waals surface area contributed by atoms with Crippen LogP contribution in [0.3, 0.4) is 0 Å². The minimum absolute atomic E-state index is 0.126. The van der Waals surface area contributed by atoms with E-state index in [0.717, 1.165) is 22.3 Å². The van der Waals surface area contributed by atoms with Crippen molar-refractivity contribution in [1.29, 1.82) is 0 Å². The Balaban J connectivity index is 1.96. The molecule has 0 spiro atoms. The fourth-order valence-corrected chi connectivity index (χ4v) is 3.46. The van der Waals surface area contributed by atoms with Crippen LogP contribution in [0, 0.1) is 13.8 Å². The standard InChI is InChI=1S/C23H17Cl2NO2/c1-14-7-3-5-9-17(14)21-22(18-10-6-4-8-15(18)2)28-23(27-21)26-20-12-11-16(24)13-19(20)25/h3-13H,1-2H3. The van der Waals surface area contributed by atoms with Gasteiger partial charge in [0.25, 0.3) is 0 Å². The van der Waals surface area contributed by atoms with Crippen molar-refractivity contribution in [2.24, 2.45) is 4.99 Å². The third-order valence-corrected chi connectivity index (χ3v) is 5.02. The van der Waals surface area contributed by atoms with Crippen LogP contribution in [0.2, 0.25) is 10.0 Å². The summed E-state index contributed by atoms with van der Waals surface area (Å²) in [6.45, 7) is 4.07. The summed E-state index contributed by atoms with van der Waals surface area (Å²) in [5, 5.41) is 0.968.